The SMILES string of the molecule is COc1ccc(Cl)cc1-c1c(-c2ccoc2Cl)noc1N. The molecule has 0 amide bonds. The van der Waals surface area contributed by atoms with Crippen LogP contribution in [0.1, 0.15) is 0 Å². The van der Waals surface area contributed by atoms with Gasteiger partial charge in [0.25, 0.3) is 0 Å². The molecular formula is C14H10Cl2N2O3. The van der Waals surface area contributed by atoms with E-state index < -0.39 is 0 Å². The first-order valence-corrected chi connectivity index (χ1v) is 6.70. The molecule has 0 spiro atoms. The van der Waals surface area contributed by atoms with Crippen LogP contribution in [0.4, 0.5) is 5.88 Å². The highest BCUT2D eigenvalue weighted by atomic mass is 35.5. The van der Waals surface area contributed by atoms with Gasteiger partial charge < -0.3 is 19.4 Å². The number of nitrogens with two attached hydrogens (primary N) is 1. The van der Waals surface area contributed by atoms with Gasteiger partial charge in [-0.05, 0) is 35.9 Å². The zero-order chi connectivity index (χ0) is 15.0. The molecule has 0 atom stereocenters. The lowest BCUT2D eigenvalue weighted by atomic mass is 10.0. The second-order valence-electron chi connectivity index (χ2n) is 4.22. The minimum Gasteiger partial charge on any atom is -0.496 e. The molecule has 0 bridgehead atoms. The number of halogens is 2. The number of rotatable bonds is 3. The van der Waals surface area contributed by atoms with Crippen molar-refractivity contribution in [1.29, 1.82) is 0 Å². The maximum absolute atomic E-state index is 6.06. The maximum atomic E-state index is 6.06. The van der Waals surface area contributed by atoms with E-state index in [0.29, 0.717) is 33.2 Å². The summed E-state index contributed by atoms with van der Waals surface area (Å²) in [5, 5.41) is 4.69. The van der Waals surface area contributed by atoms with E-state index in [1.165, 1.54) is 6.26 Å². The van der Waals surface area contributed by atoms with Crippen molar-refractivity contribution in [1.82, 2.24) is 5.16 Å². The minimum atomic E-state index is 0.142. The van der Waals surface area contributed by atoms with Crippen molar-refractivity contribution in [2.75, 3.05) is 12.8 Å². The highest BCUT2D eigenvalue weighted by Gasteiger charge is 2.23. The van der Waals surface area contributed by atoms with E-state index in [-0.39, 0.29) is 11.1 Å². The largest absolute Gasteiger partial charge is 0.496 e. The third-order valence-electron chi connectivity index (χ3n) is 3.02. The number of benzene rings is 1. The van der Waals surface area contributed by atoms with Crippen molar-refractivity contribution < 1.29 is 13.7 Å². The Kier molecular flexibility index (Phi) is 3.53. The van der Waals surface area contributed by atoms with Gasteiger partial charge in [0.15, 0.2) is 0 Å². The quantitative estimate of drug-likeness (QED) is 0.767. The molecule has 0 saturated heterocycles. The molecule has 0 unspecified atom stereocenters. The number of furan rings is 1. The monoisotopic (exact) mass is 324 g/mol. The van der Waals surface area contributed by atoms with Gasteiger partial charge in [0.05, 0.1) is 24.5 Å². The highest BCUT2D eigenvalue weighted by molar-refractivity contribution is 6.32. The topological polar surface area (TPSA) is 74.4 Å². The van der Waals surface area contributed by atoms with Crippen molar-refractivity contribution in [3.8, 4) is 28.1 Å². The predicted molar refractivity (Wildman–Crippen MR) is 80.6 cm³/mol. The zero-order valence-corrected chi connectivity index (χ0v) is 12.4. The van der Waals surface area contributed by atoms with Gasteiger partial charge in [-0.25, -0.2) is 0 Å². The molecule has 0 aliphatic heterocycles. The lowest BCUT2D eigenvalue weighted by molar-refractivity contribution is 0.416. The Morgan fingerprint density at radius 3 is 2.67 bits per heavy atom. The Morgan fingerprint density at radius 2 is 2.00 bits per heavy atom. The van der Waals surface area contributed by atoms with E-state index in [1.807, 2.05) is 0 Å². The van der Waals surface area contributed by atoms with Gasteiger partial charge in [-0.15, -0.1) is 0 Å². The second-order valence-corrected chi connectivity index (χ2v) is 5.00. The molecule has 0 aliphatic rings. The van der Waals surface area contributed by atoms with Crippen LogP contribution in [0.5, 0.6) is 5.75 Å². The summed E-state index contributed by atoms with van der Waals surface area (Å²) in [5.74, 6) is 0.734. The molecule has 0 aliphatic carbocycles. The van der Waals surface area contributed by atoms with E-state index in [4.69, 9.17) is 42.6 Å². The number of nitrogen functional groups attached to an aromatic ring is 1. The molecule has 2 N–H and O–H groups in total. The van der Waals surface area contributed by atoms with Gasteiger partial charge in [0, 0.05) is 10.6 Å². The van der Waals surface area contributed by atoms with Crippen LogP contribution in [0, 0.1) is 0 Å². The fourth-order valence-corrected chi connectivity index (χ4v) is 2.46. The van der Waals surface area contributed by atoms with Crippen LogP contribution < -0.4 is 10.5 Å². The van der Waals surface area contributed by atoms with Gasteiger partial charge >= 0.3 is 0 Å². The fourth-order valence-electron chi connectivity index (χ4n) is 2.09. The third kappa shape index (κ3) is 2.34. The van der Waals surface area contributed by atoms with Crippen LogP contribution in [0.2, 0.25) is 10.2 Å². The molecule has 108 valence electrons. The molecule has 0 radical (unpaired) electrons. The summed E-state index contributed by atoms with van der Waals surface area (Å²) in [4.78, 5) is 0. The number of hydrogen-bond acceptors (Lipinski definition) is 5. The highest BCUT2D eigenvalue weighted by Crippen LogP contribution is 2.43. The van der Waals surface area contributed by atoms with Crippen molar-refractivity contribution in [2.45, 2.75) is 0 Å². The third-order valence-corrected chi connectivity index (χ3v) is 3.55. The van der Waals surface area contributed by atoms with Crippen molar-refractivity contribution >= 4 is 29.1 Å². The van der Waals surface area contributed by atoms with Crippen molar-refractivity contribution in [2.24, 2.45) is 0 Å². The summed E-state index contributed by atoms with van der Waals surface area (Å²) in [5.41, 5.74) is 8.16. The average molecular weight is 325 g/mol. The van der Waals surface area contributed by atoms with Crippen LogP contribution in [0.3, 0.4) is 0 Å². The van der Waals surface area contributed by atoms with E-state index in [0.717, 1.165) is 0 Å². The molecule has 3 aromatic rings. The van der Waals surface area contributed by atoms with Crippen LogP contribution in [-0.4, -0.2) is 12.3 Å². The molecule has 7 heteroatoms. The fraction of sp³-hybridized carbons (Fsp3) is 0.0714. The van der Waals surface area contributed by atoms with Gasteiger partial charge in [-0.3, -0.25) is 0 Å². The Morgan fingerprint density at radius 1 is 1.19 bits per heavy atom. The summed E-state index contributed by atoms with van der Waals surface area (Å²) in [6.07, 6.45) is 1.46. The standard InChI is InChI=1S/C14H10Cl2N2O3/c1-19-10-3-2-7(15)6-9(10)11-12(18-21-14(11)17)8-4-5-20-13(8)16/h2-6H,17H2,1H3. The van der Waals surface area contributed by atoms with Crippen LogP contribution in [0.15, 0.2) is 39.5 Å². The normalized spacial score (nSPS) is 10.8. The van der Waals surface area contributed by atoms with E-state index >= 15 is 0 Å². The summed E-state index contributed by atoms with van der Waals surface area (Å²) in [6, 6.07) is 6.86. The van der Waals surface area contributed by atoms with Crippen LogP contribution >= 0.6 is 23.2 Å². The molecule has 21 heavy (non-hydrogen) atoms. The van der Waals surface area contributed by atoms with E-state index in [1.54, 1.807) is 31.4 Å². The smallest absolute Gasteiger partial charge is 0.230 e. The predicted octanol–water partition coefficient (Wildman–Crippen LogP) is 4.50. The molecule has 2 aromatic heterocycles. The van der Waals surface area contributed by atoms with Crippen molar-refractivity contribution in [3.63, 3.8) is 0 Å². The van der Waals surface area contributed by atoms with Gasteiger partial charge in [-0.2, -0.15) is 0 Å². The number of ether oxygens (including phenoxy) is 1. The first-order valence-electron chi connectivity index (χ1n) is 5.94. The lowest BCUT2D eigenvalue weighted by Gasteiger charge is -2.08. The number of nitrogens with zero attached hydrogens (tertiary/aromatic N) is 1. The molecular weight excluding hydrogens is 315 g/mol. The Hall–Kier alpha value is -2.11. The minimum absolute atomic E-state index is 0.142. The summed E-state index contributed by atoms with van der Waals surface area (Å²) >= 11 is 12.1. The number of methoxy groups -OCH3 is 1. The molecule has 3 rings (SSSR count). The van der Waals surface area contributed by atoms with Crippen molar-refractivity contribution in [3.05, 3.63) is 40.8 Å². The van der Waals surface area contributed by atoms with E-state index in [9.17, 15) is 0 Å². The van der Waals surface area contributed by atoms with Gasteiger partial charge in [0.2, 0.25) is 11.1 Å². The Labute approximate surface area is 130 Å². The lowest BCUT2D eigenvalue weighted by Crippen LogP contribution is -1.92. The first kappa shape index (κ1) is 13.9. The Bertz CT molecular complexity index is 795. The maximum Gasteiger partial charge on any atom is 0.230 e. The van der Waals surface area contributed by atoms with E-state index in [2.05, 4.69) is 5.16 Å². The first-order chi connectivity index (χ1) is 10.1. The summed E-state index contributed by atoms with van der Waals surface area (Å²) < 4.78 is 15.5. The molecule has 5 nitrogen and oxygen atoms in total. The second kappa shape index (κ2) is 5.35. The van der Waals surface area contributed by atoms with Crippen LogP contribution in [-0.2, 0) is 0 Å². The molecule has 0 saturated carbocycles. The average Bonchev–Trinajstić information content (AvgIpc) is 3.04. The summed E-state index contributed by atoms with van der Waals surface area (Å²) in [6.45, 7) is 0. The number of aromatic nitrogens is 1. The van der Waals surface area contributed by atoms with Crippen LogP contribution in [0.25, 0.3) is 22.4 Å². The van der Waals surface area contributed by atoms with Gasteiger partial charge in [-0.1, -0.05) is 16.8 Å². The van der Waals surface area contributed by atoms with Gasteiger partial charge in [0.1, 0.15) is 11.4 Å². The number of anilines is 1. The summed E-state index contributed by atoms with van der Waals surface area (Å²) in [7, 11) is 1.56. The number of hydrogen-bond donors (Lipinski definition) is 1. The molecule has 0 fully saturated rings. The molecule has 1 aromatic carbocycles. The molecule has 2 heterocycles. The Balaban J connectivity index is 2.27. The zero-order valence-electron chi connectivity index (χ0n) is 10.9.